The van der Waals surface area contributed by atoms with Crippen LogP contribution in [-0.4, -0.2) is 47.1 Å². The minimum absolute atomic E-state index is 0.0120. The summed E-state index contributed by atoms with van der Waals surface area (Å²) in [5.74, 6) is -0.868. The molecule has 4 rings (SSSR count). The number of anilines is 1. The highest BCUT2D eigenvalue weighted by molar-refractivity contribution is 5.86. The molecule has 0 bridgehead atoms. The summed E-state index contributed by atoms with van der Waals surface area (Å²) in [4.78, 5) is 21.6. The van der Waals surface area contributed by atoms with Crippen molar-refractivity contribution in [1.29, 1.82) is 0 Å². The maximum absolute atomic E-state index is 12.3. The fraction of sp³-hybridized carbons (Fsp3) is 0.292. The van der Waals surface area contributed by atoms with Gasteiger partial charge in [-0.25, -0.2) is 9.78 Å². The second-order valence-electron chi connectivity index (χ2n) is 7.90. The van der Waals surface area contributed by atoms with Crippen LogP contribution in [0.4, 0.5) is 18.9 Å². The third kappa shape index (κ3) is 6.38. The predicted octanol–water partition coefficient (Wildman–Crippen LogP) is 4.54. The molecule has 1 fully saturated rings. The summed E-state index contributed by atoms with van der Waals surface area (Å²) in [7, 11) is 0. The van der Waals surface area contributed by atoms with E-state index in [2.05, 4.69) is 19.6 Å². The number of aryl methyl sites for hydroxylation is 1. The molecule has 0 amide bonds. The van der Waals surface area contributed by atoms with Gasteiger partial charge in [0.1, 0.15) is 24.2 Å². The molecule has 35 heavy (non-hydrogen) atoms. The number of carbonyl (C=O) groups is 1. The Balaban J connectivity index is 1.39. The highest BCUT2D eigenvalue weighted by Gasteiger charge is 2.31. The number of carboxylic acid groups (broad SMARTS) is 1. The van der Waals surface area contributed by atoms with E-state index in [0.29, 0.717) is 36.6 Å². The van der Waals surface area contributed by atoms with E-state index in [4.69, 9.17) is 9.47 Å². The number of aromatic carboxylic acids is 1. The van der Waals surface area contributed by atoms with Crippen molar-refractivity contribution < 1.29 is 37.3 Å². The molecule has 0 saturated carbocycles. The maximum Gasteiger partial charge on any atom is 0.573 e. The zero-order valence-electron chi connectivity index (χ0n) is 18.7. The number of hydrogen-bond donors (Lipinski definition) is 1. The van der Waals surface area contributed by atoms with Crippen LogP contribution >= 0.6 is 0 Å². The zero-order valence-corrected chi connectivity index (χ0v) is 18.7. The lowest BCUT2D eigenvalue weighted by Crippen LogP contribution is -2.38. The van der Waals surface area contributed by atoms with Gasteiger partial charge in [-0.1, -0.05) is 12.1 Å². The van der Waals surface area contributed by atoms with Crippen LogP contribution in [0.3, 0.4) is 0 Å². The van der Waals surface area contributed by atoms with Gasteiger partial charge in [-0.2, -0.15) is 0 Å². The van der Waals surface area contributed by atoms with E-state index in [1.165, 1.54) is 30.5 Å². The minimum atomic E-state index is -4.74. The van der Waals surface area contributed by atoms with E-state index in [0.717, 1.165) is 11.3 Å². The third-order valence-electron chi connectivity index (χ3n) is 5.37. The predicted molar refractivity (Wildman–Crippen MR) is 119 cm³/mol. The molecule has 1 aromatic carbocycles. The van der Waals surface area contributed by atoms with E-state index in [1.807, 2.05) is 6.07 Å². The van der Waals surface area contributed by atoms with Crippen LogP contribution < -0.4 is 14.4 Å². The van der Waals surface area contributed by atoms with Gasteiger partial charge >= 0.3 is 12.3 Å². The molecule has 0 spiro atoms. The van der Waals surface area contributed by atoms with E-state index in [9.17, 15) is 23.1 Å². The number of halogens is 3. The fourth-order valence-electron chi connectivity index (χ4n) is 3.70. The van der Waals surface area contributed by atoms with E-state index >= 15 is 0 Å². The first-order valence-electron chi connectivity index (χ1n) is 10.7. The molecule has 2 aromatic heterocycles. The maximum atomic E-state index is 12.3. The van der Waals surface area contributed by atoms with Crippen molar-refractivity contribution in [3.8, 4) is 11.5 Å². The molecule has 1 unspecified atom stereocenters. The summed E-state index contributed by atoms with van der Waals surface area (Å²) in [6.07, 6.45) is -0.247. The third-order valence-corrected chi connectivity index (χ3v) is 5.37. The van der Waals surface area contributed by atoms with Gasteiger partial charge in [0.05, 0.1) is 24.7 Å². The first-order chi connectivity index (χ1) is 16.7. The molecule has 3 heterocycles. The quantitative estimate of drug-likeness (QED) is 0.517. The highest BCUT2D eigenvalue weighted by Crippen LogP contribution is 2.29. The number of hydrogen-bond acceptors (Lipinski definition) is 7. The van der Waals surface area contributed by atoms with Crippen LogP contribution in [0.1, 0.15) is 33.3 Å². The van der Waals surface area contributed by atoms with E-state index in [-0.39, 0.29) is 24.2 Å². The van der Waals surface area contributed by atoms with E-state index < -0.39 is 12.3 Å². The van der Waals surface area contributed by atoms with Crippen LogP contribution in [0.5, 0.6) is 11.5 Å². The molecular weight excluding hydrogens is 467 g/mol. The Morgan fingerprint density at radius 2 is 1.94 bits per heavy atom. The monoisotopic (exact) mass is 489 g/mol. The summed E-state index contributed by atoms with van der Waals surface area (Å²) in [6.45, 7) is 3.44. The van der Waals surface area contributed by atoms with Gasteiger partial charge in [-0.05, 0) is 36.2 Å². The Morgan fingerprint density at radius 1 is 1.17 bits per heavy atom. The molecular formula is C24H22F3N3O5. The fourth-order valence-corrected chi connectivity index (χ4v) is 3.70. The Hall–Kier alpha value is -3.86. The number of carboxylic acids is 1. The van der Waals surface area contributed by atoms with Crippen molar-refractivity contribution in [2.75, 3.05) is 24.6 Å². The minimum Gasteiger partial charge on any atom is -0.487 e. The average molecular weight is 489 g/mol. The highest BCUT2D eigenvalue weighted by atomic mass is 19.4. The average Bonchev–Trinajstić information content (AvgIpc) is 2.83. The van der Waals surface area contributed by atoms with Crippen molar-refractivity contribution in [2.24, 2.45) is 0 Å². The standard InChI is InChI=1S/C24H22F3N3O5/c1-15-8-17(10-29-22(15)23(31)32)21-13-30(6-7-33-21)18-9-20(12-28-11-18)34-14-16-2-4-19(5-3-16)35-24(25,26)27/h2-5,8-12,21H,6-7,13-14H2,1H3,(H,31,32). The zero-order chi connectivity index (χ0) is 25.0. The van der Waals surface area contributed by atoms with Crippen molar-refractivity contribution in [2.45, 2.75) is 26.0 Å². The number of ether oxygens (including phenoxy) is 3. The molecule has 1 aliphatic rings. The molecule has 1 N–H and O–H groups in total. The summed E-state index contributed by atoms with van der Waals surface area (Å²) < 4.78 is 52.4. The van der Waals surface area contributed by atoms with Crippen LogP contribution in [0.25, 0.3) is 0 Å². The van der Waals surface area contributed by atoms with Gasteiger partial charge in [0, 0.05) is 30.9 Å². The topological polar surface area (TPSA) is 94.0 Å². The van der Waals surface area contributed by atoms with Crippen molar-refractivity contribution in [3.05, 3.63) is 77.4 Å². The summed E-state index contributed by atoms with van der Waals surface area (Å²) >= 11 is 0. The van der Waals surface area contributed by atoms with Gasteiger partial charge in [0.2, 0.25) is 0 Å². The largest absolute Gasteiger partial charge is 0.573 e. The second-order valence-corrected chi connectivity index (χ2v) is 7.90. The van der Waals surface area contributed by atoms with E-state index in [1.54, 1.807) is 25.4 Å². The van der Waals surface area contributed by atoms with Crippen LogP contribution in [0, 0.1) is 6.92 Å². The number of alkyl halides is 3. The van der Waals surface area contributed by atoms with Crippen molar-refractivity contribution in [1.82, 2.24) is 9.97 Å². The molecule has 3 aromatic rings. The second kappa shape index (κ2) is 10.2. The number of aromatic nitrogens is 2. The number of rotatable bonds is 7. The number of morpholine rings is 1. The van der Waals surface area contributed by atoms with Gasteiger partial charge in [0.25, 0.3) is 0 Å². The lowest BCUT2D eigenvalue weighted by Gasteiger charge is -2.34. The normalized spacial score (nSPS) is 16.1. The first kappa shape index (κ1) is 24.3. The number of pyridine rings is 2. The van der Waals surface area contributed by atoms with Gasteiger partial charge in [-0.3, -0.25) is 4.98 Å². The van der Waals surface area contributed by atoms with Crippen LogP contribution in [0.15, 0.2) is 55.0 Å². The smallest absolute Gasteiger partial charge is 0.487 e. The Bertz CT molecular complexity index is 1190. The molecule has 1 aliphatic heterocycles. The molecule has 0 radical (unpaired) electrons. The number of nitrogens with zero attached hydrogens (tertiary/aromatic N) is 3. The molecule has 1 atom stereocenters. The molecule has 184 valence electrons. The van der Waals surface area contributed by atoms with Gasteiger partial charge in [-0.15, -0.1) is 13.2 Å². The summed E-state index contributed by atoms with van der Waals surface area (Å²) in [5, 5.41) is 9.19. The van der Waals surface area contributed by atoms with Gasteiger partial charge < -0.3 is 24.2 Å². The molecule has 0 aliphatic carbocycles. The Kier molecular flexibility index (Phi) is 7.06. The van der Waals surface area contributed by atoms with Crippen molar-refractivity contribution >= 4 is 11.7 Å². The Labute approximate surface area is 198 Å². The van der Waals surface area contributed by atoms with Gasteiger partial charge in [0.15, 0.2) is 5.69 Å². The van der Waals surface area contributed by atoms with Crippen LogP contribution in [-0.2, 0) is 11.3 Å². The molecule has 1 saturated heterocycles. The first-order valence-corrected chi connectivity index (χ1v) is 10.7. The van der Waals surface area contributed by atoms with Crippen LogP contribution in [0.2, 0.25) is 0 Å². The Morgan fingerprint density at radius 3 is 2.63 bits per heavy atom. The van der Waals surface area contributed by atoms with Crippen molar-refractivity contribution in [3.63, 3.8) is 0 Å². The molecule has 11 heteroatoms. The summed E-state index contributed by atoms with van der Waals surface area (Å²) in [5.41, 5.74) is 2.85. The lowest BCUT2D eigenvalue weighted by molar-refractivity contribution is -0.274. The summed E-state index contributed by atoms with van der Waals surface area (Å²) in [6, 6.07) is 9.05. The number of benzene rings is 1. The lowest BCUT2D eigenvalue weighted by atomic mass is 10.1. The molecule has 8 nitrogen and oxygen atoms in total. The SMILES string of the molecule is Cc1cc(C2CN(c3cncc(OCc4ccc(OC(F)(F)F)cc4)c3)CCO2)cnc1C(=O)O.